The summed E-state index contributed by atoms with van der Waals surface area (Å²) in [5.41, 5.74) is 1.85. The van der Waals surface area contributed by atoms with Crippen LogP contribution in [0.1, 0.15) is 16.8 Å². The number of aromatic nitrogens is 2. The summed E-state index contributed by atoms with van der Waals surface area (Å²) in [6.45, 7) is 3.67. The highest BCUT2D eigenvalue weighted by Gasteiger charge is 2.25. The topological polar surface area (TPSA) is 113 Å². The van der Waals surface area contributed by atoms with Crippen LogP contribution in [0.2, 0.25) is 0 Å². The average Bonchev–Trinajstić information content (AvgIpc) is 2.77. The van der Waals surface area contributed by atoms with E-state index in [1.165, 1.54) is 0 Å². The van der Waals surface area contributed by atoms with Gasteiger partial charge in [-0.1, -0.05) is 24.3 Å². The molecule has 9 heteroatoms. The molecular formula is C22H23N5O4. The molecule has 0 bridgehead atoms. The number of nitrogens with one attached hydrogen (secondary N) is 2. The monoisotopic (exact) mass is 421 g/mol. The number of aromatic amines is 1. The Labute approximate surface area is 178 Å². The van der Waals surface area contributed by atoms with E-state index in [0.29, 0.717) is 36.4 Å². The van der Waals surface area contributed by atoms with Gasteiger partial charge in [0.1, 0.15) is 5.70 Å². The van der Waals surface area contributed by atoms with Crippen LogP contribution in [-0.2, 0) is 11.3 Å². The molecule has 3 aromatic rings. The smallest absolute Gasteiger partial charge is 0.301 e. The number of para-hydroxylation sites is 2. The number of benzene rings is 2. The van der Waals surface area contributed by atoms with Crippen molar-refractivity contribution in [1.29, 1.82) is 0 Å². The summed E-state index contributed by atoms with van der Waals surface area (Å²) >= 11 is 0. The Morgan fingerprint density at radius 2 is 2.00 bits per heavy atom. The third-order valence-electron chi connectivity index (χ3n) is 5.22. The first kappa shape index (κ1) is 20.7. The number of nitro groups is 1. The van der Waals surface area contributed by atoms with Crippen LogP contribution in [0.3, 0.4) is 0 Å². The Hall–Kier alpha value is -3.56. The Balaban J connectivity index is 1.80. The highest BCUT2D eigenvalue weighted by molar-refractivity contribution is 5.86. The maximum absolute atomic E-state index is 12.7. The number of ether oxygens (including phenoxy) is 1. The molecule has 0 saturated carbocycles. The number of rotatable bonds is 6. The van der Waals surface area contributed by atoms with Gasteiger partial charge in [-0.2, -0.15) is 0 Å². The maximum Gasteiger partial charge on any atom is 0.301 e. The van der Waals surface area contributed by atoms with E-state index in [2.05, 4.69) is 20.2 Å². The fourth-order valence-electron chi connectivity index (χ4n) is 3.72. The Kier molecular flexibility index (Phi) is 6.06. The third-order valence-corrected chi connectivity index (χ3v) is 5.22. The van der Waals surface area contributed by atoms with E-state index in [-0.39, 0.29) is 17.1 Å². The van der Waals surface area contributed by atoms with Crippen molar-refractivity contribution >= 4 is 22.4 Å². The van der Waals surface area contributed by atoms with E-state index in [0.717, 1.165) is 18.7 Å². The molecule has 4 rings (SSSR count). The molecule has 0 spiro atoms. The molecule has 0 amide bonds. The molecule has 1 aromatic heterocycles. The van der Waals surface area contributed by atoms with Crippen molar-refractivity contribution in [2.75, 3.05) is 33.4 Å². The molecule has 31 heavy (non-hydrogen) atoms. The number of fused-ring (bicyclic) bond motifs is 1. The molecule has 9 nitrogen and oxygen atoms in total. The van der Waals surface area contributed by atoms with Gasteiger partial charge in [-0.05, 0) is 29.8 Å². The lowest BCUT2D eigenvalue weighted by molar-refractivity contribution is -0.374. The van der Waals surface area contributed by atoms with Crippen LogP contribution < -0.4 is 10.9 Å². The van der Waals surface area contributed by atoms with E-state index >= 15 is 0 Å². The minimum atomic E-state index is -0.494. The zero-order valence-corrected chi connectivity index (χ0v) is 17.1. The molecule has 0 aliphatic carbocycles. The lowest BCUT2D eigenvalue weighted by atomic mass is 10.0. The lowest BCUT2D eigenvalue weighted by Crippen LogP contribution is -2.35. The van der Waals surface area contributed by atoms with Crippen LogP contribution in [-0.4, -0.2) is 53.1 Å². The number of nitrogens with zero attached hydrogens (tertiary/aromatic N) is 3. The second-order valence-electron chi connectivity index (χ2n) is 7.25. The van der Waals surface area contributed by atoms with Gasteiger partial charge in [0, 0.05) is 26.7 Å². The molecule has 1 saturated heterocycles. The molecule has 1 fully saturated rings. The molecule has 1 aliphatic rings. The van der Waals surface area contributed by atoms with Crippen LogP contribution in [0, 0.1) is 10.1 Å². The fourth-order valence-corrected chi connectivity index (χ4v) is 3.72. The van der Waals surface area contributed by atoms with E-state index < -0.39 is 10.5 Å². The Morgan fingerprint density at radius 3 is 2.74 bits per heavy atom. The highest BCUT2D eigenvalue weighted by Crippen LogP contribution is 2.24. The molecule has 0 radical (unpaired) electrons. The minimum absolute atomic E-state index is 0.0218. The standard InChI is InChI=1S/C22H23N5O4/c1-23-19(20-22(28)25-18-8-3-2-7-17(18)24-20)21(27(29)30)16-6-4-5-15(13-16)14-26-9-11-31-12-10-26/h2-8,13,23H,9-12,14H2,1H3,(H,25,28)/b21-19+. The zero-order chi connectivity index (χ0) is 21.8. The van der Waals surface area contributed by atoms with Gasteiger partial charge < -0.3 is 15.0 Å². The average molecular weight is 421 g/mol. The van der Waals surface area contributed by atoms with Gasteiger partial charge in [0.25, 0.3) is 5.56 Å². The van der Waals surface area contributed by atoms with Gasteiger partial charge in [-0.15, -0.1) is 0 Å². The quantitative estimate of drug-likeness (QED) is 0.463. The van der Waals surface area contributed by atoms with Crippen LogP contribution in [0.5, 0.6) is 0 Å². The van der Waals surface area contributed by atoms with Crippen molar-refractivity contribution < 1.29 is 9.66 Å². The summed E-state index contributed by atoms with van der Waals surface area (Å²) in [7, 11) is 1.55. The predicted octanol–water partition coefficient (Wildman–Crippen LogP) is 2.08. The van der Waals surface area contributed by atoms with Gasteiger partial charge in [0.15, 0.2) is 5.69 Å². The van der Waals surface area contributed by atoms with E-state index in [1.54, 1.807) is 49.5 Å². The van der Waals surface area contributed by atoms with Gasteiger partial charge in [-0.3, -0.25) is 19.8 Å². The zero-order valence-electron chi connectivity index (χ0n) is 17.1. The molecule has 2 N–H and O–H groups in total. The minimum Gasteiger partial charge on any atom is -0.381 e. The molecule has 2 aromatic carbocycles. The van der Waals surface area contributed by atoms with Crippen molar-refractivity contribution in [3.05, 3.63) is 85.8 Å². The summed E-state index contributed by atoms with van der Waals surface area (Å²) < 4.78 is 5.38. The number of hydrogen-bond acceptors (Lipinski definition) is 7. The Bertz CT molecular complexity index is 1200. The van der Waals surface area contributed by atoms with E-state index in [1.807, 2.05) is 6.07 Å². The van der Waals surface area contributed by atoms with E-state index in [4.69, 9.17) is 4.74 Å². The first-order chi connectivity index (χ1) is 15.1. The van der Waals surface area contributed by atoms with Crippen LogP contribution >= 0.6 is 0 Å². The SMILES string of the molecule is CN/C(=C(\c1cccc(CN2CCOCC2)c1)[N+](=O)[O-])c1nc2ccccc2[nH]c1=O. The van der Waals surface area contributed by atoms with Crippen molar-refractivity contribution in [2.45, 2.75) is 6.54 Å². The van der Waals surface area contributed by atoms with Crippen molar-refractivity contribution in [1.82, 2.24) is 20.2 Å². The first-order valence-corrected chi connectivity index (χ1v) is 10.0. The maximum atomic E-state index is 12.7. The lowest BCUT2D eigenvalue weighted by Gasteiger charge is -2.26. The number of morpholine rings is 1. The van der Waals surface area contributed by atoms with E-state index in [9.17, 15) is 14.9 Å². The summed E-state index contributed by atoms with van der Waals surface area (Å²) in [6, 6.07) is 14.3. The molecule has 160 valence electrons. The number of hydrogen-bond donors (Lipinski definition) is 2. The summed E-state index contributed by atoms with van der Waals surface area (Å²) in [5, 5.41) is 14.9. The van der Waals surface area contributed by atoms with Gasteiger partial charge in [-0.25, -0.2) is 4.98 Å². The summed E-state index contributed by atoms with van der Waals surface area (Å²) in [5.74, 6) is 0. The normalized spacial score (nSPS) is 15.5. The largest absolute Gasteiger partial charge is 0.381 e. The first-order valence-electron chi connectivity index (χ1n) is 10.0. The Morgan fingerprint density at radius 1 is 1.23 bits per heavy atom. The molecule has 0 atom stereocenters. The second-order valence-corrected chi connectivity index (χ2v) is 7.25. The predicted molar refractivity (Wildman–Crippen MR) is 118 cm³/mol. The van der Waals surface area contributed by atoms with Gasteiger partial charge in [0.2, 0.25) is 0 Å². The van der Waals surface area contributed by atoms with Gasteiger partial charge in [0.05, 0.1) is 34.7 Å². The third kappa shape index (κ3) is 4.47. The van der Waals surface area contributed by atoms with Crippen molar-refractivity contribution in [2.24, 2.45) is 0 Å². The van der Waals surface area contributed by atoms with Crippen LogP contribution in [0.15, 0.2) is 53.3 Å². The summed E-state index contributed by atoms with van der Waals surface area (Å²) in [4.78, 5) is 33.7. The van der Waals surface area contributed by atoms with Gasteiger partial charge >= 0.3 is 5.70 Å². The molecule has 0 unspecified atom stereocenters. The van der Waals surface area contributed by atoms with Crippen molar-refractivity contribution in [3.63, 3.8) is 0 Å². The second kappa shape index (κ2) is 9.07. The highest BCUT2D eigenvalue weighted by atomic mass is 16.6. The molecular weight excluding hydrogens is 398 g/mol. The van der Waals surface area contributed by atoms with Crippen LogP contribution in [0.4, 0.5) is 0 Å². The van der Waals surface area contributed by atoms with Crippen LogP contribution in [0.25, 0.3) is 22.4 Å². The number of H-pyrrole nitrogens is 1. The molecule has 2 heterocycles. The summed E-state index contributed by atoms with van der Waals surface area (Å²) in [6.07, 6.45) is 0. The fraction of sp³-hybridized carbons (Fsp3) is 0.273. The van der Waals surface area contributed by atoms with Crippen molar-refractivity contribution in [3.8, 4) is 0 Å². The molecule has 1 aliphatic heterocycles.